The average molecular weight is 355 g/mol. The van der Waals surface area contributed by atoms with E-state index in [1.807, 2.05) is 19.9 Å². The van der Waals surface area contributed by atoms with E-state index in [0.717, 1.165) is 10.9 Å². The first-order valence-corrected chi connectivity index (χ1v) is 8.19. The van der Waals surface area contributed by atoms with E-state index < -0.39 is 0 Å². The lowest BCUT2D eigenvalue weighted by Crippen LogP contribution is -2.29. The highest BCUT2D eigenvalue weighted by Gasteiger charge is 2.17. The van der Waals surface area contributed by atoms with Crippen LogP contribution in [0.15, 0.2) is 30.6 Å². The summed E-state index contributed by atoms with van der Waals surface area (Å²) in [5, 5.41) is 11.6. The van der Waals surface area contributed by atoms with Gasteiger partial charge in [0.15, 0.2) is 5.65 Å². The van der Waals surface area contributed by atoms with E-state index in [2.05, 4.69) is 30.5 Å². The summed E-state index contributed by atoms with van der Waals surface area (Å²) in [6, 6.07) is 5.52. The third-order valence-electron chi connectivity index (χ3n) is 3.81. The van der Waals surface area contributed by atoms with Gasteiger partial charge in [-0.2, -0.15) is 5.10 Å². The highest BCUT2D eigenvalue weighted by Crippen LogP contribution is 2.28. The Morgan fingerprint density at radius 3 is 2.96 bits per heavy atom. The summed E-state index contributed by atoms with van der Waals surface area (Å²) in [7, 11) is 0. The predicted molar refractivity (Wildman–Crippen MR) is 96.6 cm³/mol. The fourth-order valence-corrected chi connectivity index (χ4v) is 2.88. The van der Waals surface area contributed by atoms with Crippen molar-refractivity contribution < 1.29 is 4.79 Å². The molecule has 3 aromatic heterocycles. The van der Waals surface area contributed by atoms with Crippen LogP contribution in [-0.2, 0) is 0 Å². The van der Waals surface area contributed by atoms with E-state index in [-0.39, 0.29) is 11.9 Å². The molecule has 25 heavy (non-hydrogen) atoms. The Hall–Kier alpha value is -2.93. The molecule has 0 atom stereocenters. The van der Waals surface area contributed by atoms with Crippen molar-refractivity contribution in [1.29, 1.82) is 0 Å². The molecule has 0 saturated heterocycles. The number of hydrogen-bond acceptors (Lipinski definition) is 4. The van der Waals surface area contributed by atoms with Crippen LogP contribution in [0.2, 0.25) is 5.02 Å². The Balaban J connectivity index is 1.84. The van der Waals surface area contributed by atoms with Crippen molar-refractivity contribution in [3.63, 3.8) is 0 Å². The number of aromatic amines is 2. The molecule has 4 rings (SSSR count). The molecule has 8 heteroatoms. The number of carbonyl (C=O) groups is 1. The molecule has 0 saturated carbocycles. The first kappa shape index (κ1) is 15.6. The highest BCUT2D eigenvalue weighted by atomic mass is 35.5. The van der Waals surface area contributed by atoms with Gasteiger partial charge >= 0.3 is 0 Å². The summed E-state index contributed by atoms with van der Waals surface area (Å²) in [6.45, 7) is 3.82. The summed E-state index contributed by atoms with van der Waals surface area (Å²) >= 11 is 6.01. The van der Waals surface area contributed by atoms with Crippen molar-refractivity contribution in [3.8, 4) is 11.4 Å². The highest BCUT2D eigenvalue weighted by molar-refractivity contribution is 6.31. The number of aromatic nitrogens is 5. The molecule has 0 aliphatic carbocycles. The standard InChI is InChI=1S/C17H15ClN6O/c1-8(2)21-17(25)11-6-19-16-15(11)22-13(7-20-16)14-10-4-3-9(18)5-12(10)23-24-14/h3-8H,1-2H3,(H,19,20)(H,21,25)(H,23,24). The van der Waals surface area contributed by atoms with Gasteiger partial charge in [0.2, 0.25) is 0 Å². The number of H-pyrrole nitrogens is 2. The van der Waals surface area contributed by atoms with Gasteiger partial charge in [-0.1, -0.05) is 11.6 Å². The van der Waals surface area contributed by atoms with Crippen LogP contribution >= 0.6 is 11.6 Å². The second-order valence-corrected chi connectivity index (χ2v) is 6.48. The molecule has 4 aromatic rings. The third kappa shape index (κ3) is 2.72. The second kappa shape index (κ2) is 5.86. The molecular formula is C17H15ClN6O. The molecule has 3 N–H and O–H groups in total. The molecule has 0 spiro atoms. The van der Waals surface area contributed by atoms with E-state index >= 15 is 0 Å². The zero-order valence-electron chi connectivity index (χ0n) is 13.6. The fraction of sp³-hybridized carbons (Fsp3) is 0.176. The SMILES string of the molecule is CC(C)NC(=O)c1c[nH]c2ncc(-c3n[nH]c4cc(Cl)ccc34)nc12. The molecule has 1 aromatic carbocycles. The number of amides is 1. The number of nitrogens with one attached hydrogen (secondary N) is 3. The maximum atomic E-state index is 12.3. The van der Waals surface area contributed by atoms with Gasteiger partial charge in [0, 0.05) is 22.6 Å². The summed E-state index contributed by atoms with van der Waals surface area (Å²) in [5.41, 5.74) is 3.59. The molecule has 7 nitrogen and oxygen atoms in total. The van der Waals surface area contributed by atoms with Crippen molar-refractivity contribution in [2.75, 3.05) is 0 Å². The number of halogens is 1. The van der Waals surface area contributed by atoms with E-state index in [1.165, 1.54) is 0 Å². The third-order valence-corrected chi connectivity index (χ3v) is 4.05. The van der Waals surface area contributed by atoms with Crippen LogP contribution in [0.4, 0.5) is 0 Å². The minimum Gasteiger partial charge on any atom is -0.350 e. The van der Waals surface area contributed by atoms with Crippen molar-refractivity contribution in [3.05, 3.63) is 41.2 Å². The quantitative estimate of drug-likeness (QED) is 0.525. The average Bonchev–Trinajstić information content (AvgIpc) is 3.16. The summed E-state index contributed by atoms with van der Waals surface area (Å²) in [4.78, 5) is 24.3. The summed E-state index contributed by atoms with van der Waals surface area (Å²) < 4.78 is 0. The van der Waals surface area contributed by atoms with E-state index in [0.29, 0.717) is 33.1 Å². The topological polar surface area (TPSA) is 99.4 Å². The van der Waals surface area contributed by atoms with Crippen LogP contribution in [-0.4, -0.2) is 37.1 Å². The number of hydrogen-bond donors (Lipinski definition) is 3. The Kier molecular flexibility index (Phi) is 3.65. The number of nitrogens with zero attached hydrogens (tertiary/aromatic N) is 3. The number of carbonyl (C=O) groups excluding carboxylic acids is 1. The smallest absolute Gasteiger partial charge is 0.255 e. The lowest BCUT2D eigenvalue weighted by molar-refractivity contribution is 0.0944. The number of fused-ring (bicyclic) bond motifs is 2. The minimum atomic E-state index is -0.189. The maximum absolute atomic E-state index is 12.3. The van der Waals surface area contributed by atoms with Crippen LogP contribution in [0.25, 0.3) is 33.5 Å². The zero-order valence-corrected chi connectivity index (χ0v) is 14.3. The Bertz CT molecular complexity index is 1100. The molecule has 126 valence electrons. The molecule has 1 amide bonds. The molecule has 0 bridgehead atoms. The van der Waals surface area contributed by atoms with Gasteiger partial charge in [0.05, 0.1) is 17.3 Å². The van der Waals surface area contributed by atoms with Gasteiger partial charge in [0.25, 0.3) is 5.91 Å². The van der Waals surface area contributed by atoms with Crippen molar-refractivity contribution in [2.45, 2.75) is 19.9 Å². The van der Waals surface area contributed by atoms with E-state index in [1.54, 1.807) is 24.5 Å². The van der Waals surface area contributed by atoms with Gasteiger partial charge in [-0.25, -0.2) is 9.97 Å². The molecule has 0 unspecified atom stereocenters. The lowest BCUT2D eigenvalue weighted by atomic mass is 10.1. The van der Waals surface area contributed by atoms with E-state index in [4.69, 9.17) is 11.6 Å². The van der Waals surface area contributed by atoms with E-state index in [9.17, 15) is 4.79 Å². The Morgan fingerprint density at radius 2 is 2.16 bits per heavy atom. The summed E-state index contributed by atoms with van der Waals surface area (Å²) in [5.74, 6) is -0.189. The first-order valence-electron chi connectivity index (χ1n) is 7.82. The largest absolute Gasteiger partial charge is 0.350 e. The van der Waals surface area contributed by atoms with Gasteiger partial charge in [-0.05, 0) is 32.0 Å². The Morgan fingerprint density at radius 1 is 1.32 bits per heavy atom. The number of rotatable bonds is 3. The van der Waals surface area contributed by atoms with Gasteiger partial charge in [-0.3, -0.25) is 9.89 Å². The second-order valence-electron chi connectivity index (χ2n) is 6.05. The first-order chi connectivity index (χ1) is 12.0. The fourth-order valence-electron chi connectivity index (χ4n) is 2.71. The van der Waals surface area contributed by atoms with Crippen molar-refractivity contribution in [1.82, 2.24) is 30.5 Å². The number of benzene rings is 1. The van der Waals surface area contributed by atoms with Gasteiger partial charge in [0.1, 0.15) is 16.9 Å². The van der Waals surface area contributed by atoms with Crippen LogP contribution < -0.4 is 5.32 Å². The van der Waals surface area contributed by atoms with Crippen LogP contribution in [0.5, 0.6) is 0 Å². The molecule has 0 fully saturated rings. The van der Waals surface area contributed by atoms with Crippen LogP contribution in [0.3, 0.4) is 0 Å². The molecule has 3 heterocycles. The summed E-state index contributed by atoms with van der Waals surface area (Å²) in [6.07, 6.45) is 3.25. The van der Waals surface area contributed by atoms with Gasteiger partial charge < -0.3 is 10.3 Å². The van der Waals surface area contributed by atoms with Gasteiger partial charge in [-0.15, -0.1) is 0 Å². The molecule has 0 aliphatic heterocycles. The van der Waals surface area contributed by atoms with Crippen LogP contribution in [0.1, 0.15) is 24.2 Å². The predicted octanol–water partition coefficient (Wildman–Crippen LogP) is 3.29. The molecule has 0 radical (unpaired) electrons. The van der Waals surface area contributed by atoms with Crippen molar-refractivity contribution >= 4 is 39.6 Å². The maximum Gasteiger partial charge on any atom is 0.255 e. The van der Waals surface area contributed by atoms with Crippen molar-refractivity contribution in [2.24, 2.45) is 0 Å². The van der Waals surface area contributed by atoms with Crippen LogP contribution in [0, 0.1) is 0 Å². The minimum absolute atomic E-state index is 0.0358. The monoisotopic (exact) mass is 354 g/mol. The zero-order chi connectivity index (χ0) is 17.6. The lowest BCUT2D eigenvalue weighted by Gasteiger charge is -2.06. The molecule has 0 aliphatic rings. The molecular weight excluding hydrogens is 340 g/mol. The normalized spacial score (nSPS) is 11.5. The Labute approximate surface area is 147 Å².